The molecule has 0 aromatic heterocycles. The molecule has 2 aliphatic rings. The molecule has 2 heterocycles. The Hall–Kier alpha value is -0.600. The van der Waals surface area contributed by atoms with Crippen molar-refractivity contribution in [1.29, 1.82) is 0 Å². The minimum atomic E-state index is -0.909. The summed E-state index contributed by atoms with van der Waals surface area (Å²) in [5.74, 6) is 0. The molecule has 2 rings (SSSR count). The van der Waals surface area contributed by atoms with Crippen molar-refractivity contribution in [1.82, 2.24) is 10.6 Å². The summed E-state index contributed by atoms with van der Waals surface area (Å²) in [7, 11) is 1.68. The Labute approximate surface area is 111 Å². The number of hydrogen-bond donors (Lipinski definition) is 4. The molecule has 2 saturated heterocycles. The van der Waals surface area contributed by atoms with E-state index in [1.54, 1.807) is 13.1 Å². The SMILES string of the molecule is C=CCNCC1O[C@@H]2SC(=NC)N[C@@H]2C(O)[C@@H]1O. The van der Waals surface area contributed by atoms with Gasteiger partial charge < -0.3 is 25.6 Å². The molecule has 0 aromatic carbocycles. The van der Waals surface area contributed by atoms with Gasteiger partial charge in [-0.15, -0.1) is 6.58 Å². The minimum Gasteiger partial charge on any atom is -0.388 e. The van der Waals surface area contributed by atoms with Crippen LogP contribution in [0.15, 0.2) is 17.6 Å². The summed E-state index contributed by atoms with van der Waals surface area (Å²) in [6.45, 7) is 4.73. The number of nitrogens with one attached hydrogen (secondary N) is 2. The van der Waals surface area contributed by atoms with Gasteiger partial charge in [0.05, 0.1) is 6.04 Å². The number of fused-ring (bicyclic) bond motifs is 1. The topological polar surface area (TPSA) is 86.1 Å². The van der Waals surface area contributed by atoms with Crippen molar-refractivity contribution in [3.05, 3.63) is 12.7 Å². The standard InChI is InChI=1S/C11H19N3O3S/c1-3-4-13-5-6-8(15)9(16)7-10(17-6)18-11(12-2)14-7/h3,6-10,13,15-16H,1,4-5H2,2H3,(H,12,14)/t6?,7-,8-,9?,10-/m1/s1. The fourth-order valence-corrected chi connectivity index (χ4v) is 3.19. The Morgan fingerprint density at radius 3 is 3.00 bits per heavy atom. The smallest absolute Gasteiger partial charge is 0.159 e. The zero-order valence-corrected chi connectivity index (χ0v) is 11.1. The monoisotopic (exact) mass is 273 g/mol. The predicted molar refractivity (Wildman–Crippen MR) is 71.6 cm³/mol. The van der Waals surface area contributed by atoms with Crippen molar-refractivity contribution in [3.8, 4) is 0 Å². The van der Waals surface area contributed by atoms with E-state index in [0.717, 1.165) is 5.17 Å². The number of hydrogen-bond acceptors (Lipinski definition) is 6. The lowest BCUT2D eigenvalue weighted by molar-refractivity contribution is -0.153. The highest BCUT2D eigenvalue weighted by atomic mass is 32.2. The second-order valence-corrected chi connectivity index (χ2v) is 5.37. The molecule has 0 spiro atoms. The molecule has 5 atom stereocenters. The van der Waals surface area contributed by atoms with Crippen molar-refractivity contribution in [2.24, 2.45) is 4.99 Å². The average Bonchev–Trinajstić information content (AvgIpc) is 2.79. The van der Waals surface area contributed by atoms with Gasteiger partial charge in [0.1, 0.15) is 23.7 Å². The molecule has 102 valence electrons. The van der Waals surface area contributed by atoms with E-state index in [4.69, 9.17) is 4.74 Å². The summed E-state index contributed by atoms with van der Waals surface area (Å²) in [4.78, 5) is 4.04. The molecule has 18 heavy (non-hydrogen) atoms. The van der Waals surface area contributed by atoms with Crippen LogP contribution in [0.5, 0.6) is 0 Å². The van der Waals surface area contributed by atoms with E-state index in [1.165, 1.54) is 11.8 Å². The number of aliphatic imine (C=N–C) groups is 1. The van der Waals surface area contributed by atoms with Gasteiger partial charge in [0.15, 0.2) is 5.17 Å². The highest BCUT2D eigenvalue weighted by Crippen LogP contribution is 2.33. The third-order valence-electron chi connectivity index (χ3n) is 3.06. The lowest BCUT2D eigenvalue weighted by Crippen LogP contribution is -2.60. The number of nitrogens with zero attached hydrogens (tertiary/aromatic N) is 1. The van der Waals surface area contributed by atoms with Crippen molar-refractivity contribution in [2.75, 3.05) is 20.1 Å². The van der Waals surface area contributed by atoms with Crippen LogP contribution in [0.3, 0.4) is 0 Å². The molecule has 2 aliphatic heterocycles. The summed E-state index contributed by atoms with van der Waals surface area (Å²) < 4.78 is 5.78. The fraction of sp³-hybridized carbons (Fsp3) is 0.727. The molecular formula is C11H19N3O3S. The van der Waals surface area contributed by atoms with Crippen LogP contribution < -0.4 is 10.6 Å². The van der Waals surface area contributed by atoms with Gasteiger partial charge in [0.2, 0.25) is 0 Å². The van der Waals surface area contributed by atoms with Gasteiger partial charge in [0, 0.05) is 20.1 Å². The van der Waals surface area contributed by atoms with Gasteiger partial charge in [0.25, 0.3) is 0 Å². The quantitative estimate of drug-likeness (QED) is 0.384. The zero-order valence-electron chi connectivity index (χ0n) is 10.2. The third kappa shape index (κ3) is 2.70. The lowest BCUT2D eigenvalue weighted by atomic mass is 9.98. The molecule has 0 saturated carbocycles. The normalized spacial score (nSPS) is 41.5. The Morgan fingerprint density at radius 1 is 1.56 bits per heavy atom. The number of amidine groups is 1. The summed E-state index contributed by atoms with van der Waals surface area (Å²) in [5.41, 5.74) is -0.211. The van der Waals surface area contributed by atoms with Gasteiger partial charge in [-0.25, -0.2) is 0 Å². The highest BCUT2D eigenvalue weighted by molar-refractivity contribution is 8.14. The summed E-state index contributed by atoms with van der Waals surface area (Å²) >= 11 is 1.44. The van der Waals surface area contributed by atoms with Gasteiger partial charge in [-0.05, 0) is 0 Å². The molecular weight excluding hydrogens is 254 g/mol. The van der Waals surface area contributed by atoms with Gasteiger partial charge >= 0.3 is 0 Å². The Bertz CT molecular complexity index is 339. The summed E-state index contributed by atoms with van der Waals surface area (Å²) in [6, 6.07) is -0.306. The first-order valence-electron chi connectivity index (χ1n) is 5.90. The molecule has 2 unspecified atom stereocenters. The largest absolute Gasteiger partial charge is 0.388 e. The van der Waals surface area contributed by atoms with E-state index < -0.39 is 18.3 Å². The van der Waals surface area contributed by atoms with Crippen LogP contribution in [-0.4, -0.2) is 65.3 Å². The van der Waals surface area contributed by atoms with Crippen LogP contribution >= 0.6 is 11.8 Å². The predicted octanol–water partition coefficient (Wildman–Crippen LogP) is -1.10. The number of thioether (sulfide) groups is 1. The first-order valence-corrected chi connectivity index (χ1v) is 6.78. The van der Waals surface area contributed by atoms with Crippen molar-refractivity contribution in [3.63, 3.8) is 0 Å². The highest BCUT2D eigenvalue weighted by Gasteiger charge is 2.48. The second kappa shape index (κ2) is 6.03. The van der Waals surface area contributed by atoms with Crippen molar-refractivity contribution in [2.45, 2.75) is 29.8 Å². The van der Waals surface area contributed by atoms with Crippen LogP contribution in [0, 0.1) is 0 Å². The first-order chi connectivity index (χ1) is 8.67. The van der Waals surface area contributed by atoms with E-state index in [1.807, 2.05) is 0 Å². The lowest BCUT2D eigenvalue weighted by Gasteiger charge is -2.39. The van der Waals surface area contributed by atoms with Crippen LogP contribution in [0.25, 0.3) is 0 Å². The van der Waals surface area contributed by atoms with E-state index in [9.17, 15) is 10.2 Å². The molecule has 0 aromatic rings. The average molecular weight is 273 g/mol. The molecule has 7 heteroatoms. The van der Waals surface area contributed by atoms with E-state index >= 15 is 0 Å². The maximum absolute atomic E-state index is 10.1. The van der Waals surface area contributed by atoms with Crippen LogP contribution in [0.1, 0.15) is 0 Å². The van der Waals surface area contributed by atoms with E-state index in [2.05, 4.69) is 22.2 Å². The third-order valence-corrected chi connectivity index (χ3v) is 4.22. The van der Waals surface area contributed by atoms with E-state index in [-0.39, 0.29) is 11.5 Å². The van der Waals surface area contributed by atoms with Crippen LogP contribution in [0.2, 0.25) is 0 Å². The Balaban J connectivity index is 1.98. The van der Waals surface area contributed by atoms with Gasteiger partial charge in [-0.3, -0.25) is 4.99 Å². The minimum absolute atomic E-state index is 0.211. The summed E-state index contributed by atoms with van der Waals surface area (Å²) in [5, 5.41) is 27.0. The van der Waals surface area contributed by atoms with Gasteiger partial charge in [-0.1, -0.05) is 17.8 Å². The molecule has 0 aliphatic carbocycles. The first kappa shape index (κ1) is 13.8. The summed E-state index contributed by atoms with van der Waals surface area (Å²) in [6.07, 6.45) is -0.451. The Morgan fingerprint density at radius 2 is 2.33 bits per heavy atom. The van der Waals surface area contributed by atoms with E-state index in [0.29, 0.717) is 13.1 Å². The number of rotatable bonds is 4. The maximum Gasteiger partial charge on any atom is 0.159 e. The fourth-order valence-electron chi connectivity index (χ4n) is 2.09. The van der Waals surface area contributed by atoms with Crippen molar-refractivity contribution >= 4 is 16.9 Å². The molecule has 4 N–H and O–H groups in total. The molecule has 0 amide bonds. The van der Waals surface area contributed by atoms with Crippen molar-refractivity contribution < 1.29 is 14.9 Å². The van der Waals surface area contributed by atoms with Crippen LogP contribution in [-0.2, 0) is 4.74 Å². The Kier molecular flexibility index (Phi) is 4.63. The number of aliphatic hydroxyl groups excluding tert-OH is 2. The molecule has 0 bridgehead atoms. The zero-order chi connectivity index (χ0) is 13.1. The van der Waals surface area contributed by atoms with Gasteiger partial charge in [-0.2, -0.15) is 0 Å². The molecule has 2 fully saturated rings. The number of ether oxygens (including phenoxy) is 1. The maximum atomic E-state index is 10.1. The molecule has 6 nitrogen and oxygen atoms in total. The van der Waals surface area contributed by atoms with Crippen LogP contribution in [0.4, 0.5) is 0 Å². The number of aliphatic hydroxyl groups is 2. The second-order valence-electron chi connectivity index (χ2n) is 4.29. The molecule has 0 radical (unpaired) electrons.